The molecule has 0 radical (unpaired) electrons. The van der Waals surface area contributed by atoms with Gasteiger partial charge >= 0.3 is 0 Å². The molecule has 128 valence electrons. The van der Waals surface area contributed by atoms with Gasteiger partial charge in [-0.15, -0.1) is 11.3 Å². The quantitative estimate of drug-likeness (QED) is 0.850. The van der Waals surface area contributed by atoms with E-state index in [1.54, 1.807) is 24.5 Å². The zero-order valence-electron chi connectivity index (χ0n) is 13.9. The van der Waals surface area contributed by atoms with Crippen molar-refractivity contribution in [2.75, 3.05) is 33.9 Å². The van der Waals surface area contributed by atoms with E-state index < -0.39 is 0 Å². The molecule has 0 unspecified atom stereocenters. The van der Waals surface area contributed by atoms with Gasteiger partial charge in [-0.1, -0.05) is 0 Å². The van der Waals surface area contributed by atoms with Crippen LogP contribution in [0.3, 0.4) is 0 Å². The van der Waals surface area contributed by atoms with Crippen molar-refractivity contribution < 1.29 is 19.0 Å². The maximum absolute atomic E-state index is 12.6. The van der Waals surface area contributed by atoms with Crippen molar-refractivity contribution in [3.05, 3.63) is 29.3 Å². The molecule has 0 spiro atoms. The number of rotatable bonds is 4. The number of hydrogen-bond donors (Lipinski definition) is 0. The molecule has 6 nitrogen and oxygen atoms in total. The van der Waals surface area contributed by atoms with Crippen LogP contribution in [0.25, 0.3) is 10.6 Å². The van der Waals surface area contributed by atoms with Gasteiger partial charge in [-0.05, 0) is 25.1 Å². The van der Waals surface area contributed by atoms with Gasteiger partial charge in [-0.2, -0.15) is 0 Å². The molecule has 0 aliphatic carbocycles. The predicted molar refractivity (Wildman–Crippen MR) is 92.0 cm³/mol. The number of aromatic nitrogens is 1. The molecule has 2 heterocycles. The normalized spacial score (nSPS) is 17.6. The van der Waals surface area contributed by atoms with Crippen LogP contribution in [0.5, 0.6) is 11.5 Å². The third-order valence-corrected chi connectivity index (χ3v) is 4.77. The number of carbonyl (C=O) groups excluding carboxylic acids is 1. The summed E-state index contributed by atoms with van der Waals surface area (Å²) in [6.45, 7) is 3.74. The summed E-state index contributed by atoms with van der Waals surface area (Å²) < 4.78 is 16.0. The molecule has 7 heteroatoms. The molecule has 2 aromatic rings. The smallest absolute Gasteiger partial charge is 0.273 e. The van der Waals surface area contributed by atoms with E-state index in [4.69, 9.17) is 14.2 Å². The standard InChI is InChI=1S/C17H20N2O4S/c1-11-9-19(6-7-23-11)17(20)13-10-24-16(18-13)12-4-5-14(21-2)15(8-12)22-3/h4-5,8,10-11H,6-7,9H2,1-3H3/t11-/m1/s1. The second-order valence-electron chi connectivity index (χ2n) is 5.54. The SMILES string of the molecule is COc1ccc(-c2nc(C(=O)N3CCO[C@H](C)C3)cs2)cc1OC. The molecule has 1 aromatic carbocycles. The van der Waals surface area contributed by atoms with Crippen molar-refractivity contribution in [2.24, 2.45) is 0 Å². The van der Waals surface area contributed by atoms with Crippen molar-refractivity contribution in [3.63, 3.8) is 0 Å². The number of methoxy groups -OCH3 is 2. The van der Waals surface area contributed by atoms with E-state index in [1.165, 1.54) is 11.3 Å². The fourth-order valence-electron chi connectivity index (χ4n) is 2.64. The summed E-state index contributed by atoms with van der Waals surface area (Å²) >= 11 is 1.44. The van der Waals surface area contributed by atoms with Crippen LogP contribution in [-0.4, -0.2) is 55.8 Å². The highest BCUT2D eigenvalue weighted by Crippen LogP contribution is 2.33. The number of carbonyl (C=O) groups is 1. The Morgan fingerprint density at radius 1 is 1.33 bits per heavy atom. The molecule has 1 atom stereocenters. The van der Waals surface area contributed by atoms with E-state index in [2.05, 4.69) is 4.98 Å². The number of thiazole rings is 1. The highest BCUT2D eigenvalue weighted by molar-refractivity contribution is 7.13. The van der Waals surface area contributed by atoms with Crippen LogP contribution < -0.4 is 9.47 Å². The number of nitrogens with zero attached hydrogens (tertiary/aromatic N) is 2. The van der Waals surface area contributed by atoms with E-state index in [-0.39, 0.29) is 12.0 Å². The van der Waals surface area contributed by atoms with Gasteiger partial charge in [0.2, 0.25) is 0 Å². The van der Waals surface area contributed by atoms with E-state index in [9.17, 15) is 4.79 Å². The van der Waals surface area contributed by atoms with E-state index in [0.717, 1.165) is 10.6 Å². The van der Waals surface area contributed by atoms with Crippen molar-refractivity contribution in [1.29, 1.82) is 0 Å². The number of ether oxygens (including phenoxy) is 3. The average molecular weight is 348 g/mol. The molecule has 1 aliphatic heterocycles. The fraction of sp³-hybridized carbons (Fsp3) is 0.412. The van der Waals surface area contributed by atoms with Crippen LogP contribution in [-0.2, 0) is 4.74 Å². The minimum absolute atomic E-state index is 0.0480. The molecule has 3 rings (SSSR count). The average Bonchev–Trinajstić information content (AvgIpc) is 3.10. The highest BCUT2D eigenvalue weighted by Gasteiger charge is 2.24. The summed E-state index contributed by atoms with van der Waals surface area (Å²) in [5.41, 5.74) is 1.37. The molecule has 1 aliphatic rings. The first kappa shape index (κ1) is 16.7. The number of hydrogen-bond acceptors (Lipinski definition) is 6. The van der Waals surface area contributed by atoms with Gasteiger partial charge in [0.25, 0.3) is 5.91 Å². The third kappa shape index (κ3) is 3.37. The van der Waals surface area contributed by atoms with E-state index in [0.29, 0.717) is 36.9 Å². The minimum atomic E-state index is -0.0480. The molecular weight excluding hydrogens is 328 g/mol. The van der Waals surface area contributed by atoms with Gasteiger partial charge in [0.1, 0.15) is 10.7 Å². The Labute approximate surface area is 145 Å². The summed E-state index contributed by atoms with van der Waals surface area (Å²) in [5, 5.41) is 2.58. The third-order valence-electron chi connectivity index (χ3n) is 3.88. The monoisotopic (exact) mass is 348 g/mol. The second-order valence-corrected chi connectivity index (χ2v) is 6.40. The Bertz CT molecular complexity index is 731. The molecule has 24 heavy (non-hydrogen) atoms. The largest absolute Gasteiger partial charge is 0.493 e. The lowest BCUT2D eigenvalue weighted by Gasteiger charge is -2.30. The summed E-state index contributed by atoms with van der Waals surface area (Å²) in [6, 6.07) is 5.61. The summed E-state index contributed by atoms with van der Waals surface area (Å²) in [5.74, 6) is 1.25. The van der Waals surface area contributed by atoms with Crippen LogP contribution in [0.4, 0.5) is 0 Å². The highest BCUT2D eigenvalue weighted by atomic mass is 32.1. The first-order valence-corrected chi connectivity index (χ1v) is 8.59. The molecule has 1 fully saturated rings. The topological polar surface area (TPSA) is 60.9 Å². The van der Waals surface area contributed by atoms with Crippen molar-refractivity contribution in [2.45, 2.75) is 13.0 Å². The van der Waals surface area contributed by atoms with Crippen molar-refractivity contribution in [1.82, 2.24) is 9.88 Å². The summed E-state index contributed by atoms with van der Waals surface area (Å²) in [7, 11) is 3.19. The van der Waals surface area contributed by atoms with Gasteiger partial charge in [-0.3, -0.25) is 4.79 Å². The lowest BCUT2D eigenvalue weighted by Crippen LogP contribution is -2.44. The Morgan fingerprint density at radius 2 is 2.12 bits per heavy atom. The number of morpholine rings is 1. The van der Waals surface area contributed by atoms with Crippen LogP contribution in [0.15, 0.2) is 23.6 Å². The summed E-state index contributed by atoms with van der Waals surface area (Å²) in [6.07, 6.45) is 0.0617. The first-order valence-electron chi connectivity index (χ1n) is 7.71. The molecule has 0 bridgehead atoms. The van der Waals surface area contributed by atoms with Gasteiger partial charge in [0.05, 0.1) is 26.9 Å². The number of benzene rings is 1. The Hall–Kier alpha value is -2.12. The Kier molecular flexibility index (Phi) is 5.01. The molecule has 1 saturated heterocycles. The Balaban J connectivity index is 1.81. The van der Waals surface area contributed by atoms with Gasteiger partial charge in [-0.25, -0.2) is 4.98 Å². The predicted octanol–water partition coefficient (Wildman–Crippen LogP) is 2.69. The lowest BCUT2D eigenvalue weighted by molar-refractivity contribution is -0.0126. The Morgan fingerprint density at radius 3 is 2.83 bits per heavy atom. The lowest BCUT2D eigenvalue weighted by atomic mass is 10.2. The molecule has 0 saturated carbocycles. The van der Waals surface area contributed by atoms with E-state index >= 15 is 0 Å². The van der Waals surface area contributed by atoms with Crippen molar-refractivity contribution >= 4 is 17.2 Å². The summed E-state index contributed by atoms with van der Waals surface area (Å²) in [4.78, 5) is 18.9. The molecule has 1 aromatic heterocycles. The van der Waals surface area contributed by atoms with Gasteiger partial charge in [0, 0.05) is 24.0 Å². The molecule has 1 amide bonds. The van der Waals surface area contributed by atoms with Gasteiger partial charge < -0.3 is 19.1 Å². The van der Waals surface area contributed by atoms with Crippen LogP contribution in [0.1, 0.15) is 17.4 Å². The zero-order valence-corrected chi connectivity index (χ0v) is 14.8. The molecular formula is C17H20N2O4S. The van der Waals surface area contributed by atoms with Crippen LogP contribution in [0, 0.1) is 0 Å². The van der Waals surface area contributed by atoms with E-state index in [1.807, 2.05) is 25.1 Å². The maximum atomic E-state index is 12.6. The number of amides is 1. The van der Waals surface area contributed by atoms with Gasteiger partial charge in [0.15, 0.2) is 11.5 Å². The van der Waals surface area contributed by atoms with Crippen molar-refractivity contribution in [3.8, 4) is 22.1 Å². The first-order chi connectivity index (χ1) is 11.6. The fourth-order valence-corrected chi connectivity index (χ4v) is 3.43. The van der Waals surface area contributed by atoms with Crippen LogP contribution in [0.2, 0.25) is 0 Å². The second kappa shape index (κ2) is 7.19. The zero-order chi connectivity index (χ0) is 17.1. The molecule has 0 N–H and O–H groups in total. The van der Waals surface area contributed by atoms with Crippen LogP contribution >= 0.6 is 11.3 Å². The minimum Gasteiger partial charge on any atom is -0.493 e. The maximum Gasteiger partial charge on any atom is 0.273 e.